The van der Waals surface area contributed by atoms with Crippen molar-refractivity contribution in [1.82, 2.24) is 4.98 Å². The van der Waals surface area contributed by atoms with Crippen molar-refractivity contribution in [2.24, 2.45) is 0 Å². The second kappa shape index (κ2) is 7.13. The van der Waals surface area contributed by atoms with Crippen LogP contribution in [0.25, 0.3) is 0 Å². The van der Waals surface area contributed by atoms with Gasteiger partial charge in [0.15, 0.2) is 16.6 Å². The number of hydrogen-bond acceptors (Lipinski definition) is 6. The molecule has 7 heteroatoms. The van der Waals surface area contributed by atoms with Gasteiger partial charge in [0.05, 0.1) is 26.3 Å². The molecule has 2 N–H and O–H groups in total. The summed E-state index contributed by atoms with van der Waals surface area (Å²) in [5.74, 6) is 0.486. The standard InChI is InChI=1S/C15H18N2O4S/c1-9-13(6-7-14(18)19)22-15(16-9)17-10-4-5-11(20-2)12(8-10)21-3/h4-5,8H,6-7H2,1-3H3,(H,16,17)(H,18,19). The molecule has 0 fully saturated rings. The Morgan fingerprint density at radius 3 is 2.68 bits per heavy atom. The van der Waals surface area contributed by atoms with E-state index in [0.717, 1.165) is 21.4 Å². The molecular weight excluding hydrogens is 304 g/mol. The predicted octanol–water partition coefficient (Wildman–Crippen LogP) is 3.23. The highest BCUT2D eigenvalue weighted by Gasteiger charge is 2.11. The van der Waals surface area contributed by atoms with Crippen molar-refractivity contribution in [2.75, 3.05) is 19.5 Å². The summed E-state index contributed by atoms with van der Waals surface area (Å²) in [5.41, 5.74) is 1.69. The van der Waals surface area contributed by atoms with E-state index in [-0.39, 0.29) is 6.42 Å². The van der Waals surface area contributed by atoms with Gasteiger partial charge in [0.25, 0.3) is 0 Å². The number of aryl methyl sites for hydroxylation is 2. The fourth-order valence-corrected chi connectivity index (χ4v) is 2.95. The number of methoxy groups -OCH3 is 2. The van der Waals surface area contributed by atoms with Gasteiger partial charge in [-0.1, -0.05) is 0 Å². The zero-order valence-corrected chi connectivity index (χ0v) is 13.5. The quantitative estimate of drug-likeness (QED) is 0.814. The number of benzene rings is 1. The zero-order valence-electron chi connectivity index (χ0n) is 12.7. The average Bonchev–Trinajstić information content (AvgIpc) is 2.84. The first-order valence-corrected chi connectivity index (χ1v) is 7.52. The van der Waals surface area contributed by atoms with Gasteiger partial charge in [0.1, 0.15) is 0 Å². The van der Waals surface area contributed by atoms with Crippen LogP contribution in [-0.4, -0.2) is 30.3 Å². The molecule has 0 aliphatic rings. The summed E-state index contributed by atoms with van der Waals surface area (Å²) >= 11 is 1.46. The Labute approximate surface area is 132 Å². The minimum atomic E-state index is -0.804. The summed E-state index contributed by atoms with van der Waals surface area (Å²) in [6.45, 7) is 1.88. The molecule has 6 nitrogen and oxygen atoms in total. The number of nitrogens with one attached hydrogen (secondary N) is 1. The molecular formula is C15H18N2O4S. The normalized spacial score (nSPS) is 10.3. The van der Waals surface area contributed by atoms with Gasteiger partial charge in [0, 0.05) is 16.6 Å². The second-order valence-corrected chi connectivity index (χ2v) is 5.70. The Balaban J connectivity index is 2.13. The molecule has 0 atom stereocenters. The molecule has 1 heterocycles. The molecule has 1 aromatic heterocycles. The van der Waals surface area contributed by atoms with Gasteiger partial charge >= 0.3 is 5.97 Å². The summed E-state index contributed by atoms with van der Waals surface area (Å²) < 4.78 is 10.5. The first-order chi connectivity index (χ1) is 10.5. The number of hydrogen-bond donors (Lipinski definition) is 2. The Morgan fingerprint density at radius 1 is 1.32 bits per heavy atom. The lowest BCUT2D eigenvalue weighted by molar-refractivity contribution is -0.136. The fraction of sp³-hybridized carbons (Fsp3) is 0.333. The van der Waals surface area contributed by atoms with E-state index >= 15 is 0 Å². The van der Waals surface area contributed by atoms with E-state index in [2.05, 4.69) is 10.3 Å². The van der Waals surface area contributed by atoms with Crippen LogP contribution in [0.1, 0.15) is 17.0 Å². The van der Waals surface area contributed by atoms with E-state index in [1.54, 1.807) is 14.2 Å². The number of nitrogens with zero attached hydrogens (tertiary/aromatic N) is 1. The average molecular weight is 322 g/mol. The van der Waals surface area contributed by atoms with Gasteiger partial charge in [-0.05, 0) is 25.5 Å². The van der Waals surface area contributed by atoms with Crippen molar-refractivity contribution in [1.29, 1.82) is 0 Å². The molecule has 0 saturated carbocycles. The third-order valence-electron chi connectivity index (χ3n) is 3.09. The molecule has 0 aliphatic heterocycles. The third-order valence-corrected chi connectivity index (χ3v) is 4.23. The lowest BCUT2D eigenvalue weighted by atomic mass is 10.2. The Kier molecular flexibility index (Phi) is 5.21. The van der Waals surface area contributed by atoms with Crippen LogP contribution in [0.2, 0.25) is 0 Å². The van der Waals surface area contributed by atoms with E-state index in [4.69, 9.17) is 14.6 Å². The number of anilines is 2. The molecule has 0 bridgehead atoms. The maximum Gasteiger partial charge on any atom is 0.303 e. The molecule has 0 radical (unpaired) electrons. The highest BCUT2D eigenvalue weighted by atomic mass is 32.1. The minimum absolute atomic E-state index is 0.110. The molecule has 1 aromatic carbocycles. The Bertz CT molecular complexity index is 670. The first kappa shape index (κ1) is 16.1. The monoisotopic (exact) mass is 322 g/mol. The number of aliphatic carboxylic acids is 1. The van der Waals surface area contributed by atoms with E-state index < -0.39 is 5.97 Å². The summed E-state index contributed by atoms with van der Waals surface area (Å²) in [7, 11) is 3.17. The van der Waals surface area contributed by atoms with Gasteiger partial charge in [-0.15, -0.1) is 11.3 Å². The van der Waals surface area contributed by atoms with Crippen molar-refractivity contribution < 1.29 is 19.4 Å². The lowest BCUT2D eigenvalue weighted by Crippen LogP contribution is -1.96. The van der Waals surface area contributed by atoms with Crippen LogP contribution < -0.4 is 14.8 Å². The predicted molar refractivity (Wildman–Crippen MR) is 85.6 cm³/mol. The number of carboxylic acids is 1. The van der Waals surface area contributed by atoms with E-state index in [1.807, 2.05) is 25.1 Å². The van der Waals surface area contributed by atoms with Gasteiger partial charge in [-0.2, -0.15) is 0 Å². The molecule has 0 unspecified atom stereocenters. The first-order valence-electron chi connectivity index (χ1n) is 6.70. The van der Waals surface area contributed by atoms with Crippen molar-refractivity contribution in [2.45, 2.75) is 19.8 Å². The van der Waals surface area contributed by atoms with Crippen LogP contribution in [0.4, 0.5) is 10.8 Å². The Morgan fingerprint density at radius 2 is 2.05 bits per heavy atom. The van der Waals surface area contributed by atoms with E-state index in [0.29, 0.717) is 17.9 Å². The van der Waals surface area contributed by atoms with Crippen LogP contribution in [0, 0.1) is 6.92 Å². The van der Waals surface area contributed by atoms with Gasteiger partial charge in [0.2, 0.25) is 0 Å². The van der Waals surface area contributed by atoms with Gasteiger partial charge in [-0.25, -0.2) is 4.98 Å². The summed E-state index contributed by atoms with van der Waals surface area (Å²) in [6, 6.07) is 5.51. The van der Waals surface area contributed by atoms with Crippen LogP contribution in [0.5, 0.6) is 11.5 Å². The van der Waals surface area contributed by atoms with Crippen molar-refractivity contribution in [3.8, 4) is 11.5 Å². The molecule has 2 aromatic rings. The number of thiazole rings is 1. The van der Waals surface area contributed by atoms with E-state index in [1.165, 1.54) is 11.3 Å². The van der Waals surface area contributed by atoms with Crippen molar-refractivity contribution in [3.63, 3.8) is 0 Å². The number of ether oxygens (including phenoxy) is 2. The molecule has 22 heavy (non-hydrogen) atoms. The fourth-order valence-electron chi connectivity index (χ4n) is 1.97. The van der Waals surface area contributed by atoms with Crippen molar-refractivity contribution >= 4 is 28.1 Å². The van der Waals surface area contributed by atoms with Crippen LogP contribution in [0.3, 0.4) is 0 Å². The molecule has 0 aliphatic carbocycles. The van der Waals surface area contributed by atoms with Crippen LogP contribution in [-0.2, 0) is 11.2 Å². The molecule has 0 saturated heterocycles. The SMILES string of the molecule is COc1ccc(Nc2nc(C)c(CCC(=O)O)s2)cc1OC. The number of carboxylic acid groups (broad SMARTS) is 1. The lowest BCUT2D eigenvalue weighted by Gasteiger charge is -2.09. The smallest absolute Gasteiger partial charge is 0.303 e. The van der Waals surface area contributed by atoms with Crippen molar-refractivity contribution in [3.05, 3.63) is 28.8 Å². The third kappa shape index (κ3) is 3.88. The maximum atomic E-state index is 10.7. The van der Waals surface area contributed by atoms with Gasteiger partial charge in [-0.3, -0.25) is 4.79 Å². The number of carbonyl (C=O) groups is 1. The molecule has 2 rings (SSSR count). The van der Waals surface area contributed by atoms with Crippen LogP contribution in [0.15, 0.2) is 18.2 Å². The highest BCUT2D eigenvalue weighted by Crippen LogP contribution is 2.32. The second-order valence-electron chi connectivity index (χ2n) is 4.62. The molecule has 0 amide bonds. The van der Waals surface area contributed by atoms with E-state index in [9.17, 15) is 4.79 Å². The minimum Gasteiger partial charge on any atom is -0.493 e. The number of rotatable bonds is 7. The summed E-state index contributed by atoms with van der Waals surface area (Å²) in [4.78, 5) is 16.1. The largest absolute Gasteiger partial charge is 0.493 e. The Hall–Kier alpha value is -2.28. The summed E-state index contributed by atoms with van der Waals surface area (Å²) in [5, 5.41) is 12.7. The summed E-state index contributed by atoms with van der Waals surface area (Å²) in [6.07, 6.45) is 0.602. The molecule has 0 spiro atoms. The molecule has 118 valence electrons. The highest BCUT2D eigenvalue weighted by molar-refractivity contribution is 7.15. The van der Waals surface area contributed by atoms with Crippen LogP contribution >= 0.6 is 11.3 Å². The number of aromatic nitrogens is 1. The van der Waals surface area contributed by atoms with Gasteiger partial charge < -0.3 is 19.9 Å². The maximum absolute atomic E-state index is 10.7. The zero-order chi connectivity index (χ0) is 16.1. The topological polar surface area (TPSA) is 80.7 Å².